The van der Waals surface area contributed by atoms with Gasteiger partial charge in [0, 0.05) is 11.1 Å². The molecule has 2 rings (SSSR count). The summed E-state index contributed by atoms with van der Waals surface area (Å²) in [7, 11) is 0. The van der Waals surface area contributed by atoms with E-state index in [1.807, 2.05) is 19.9 Å². The van der Waals surface area contributed by atoms with E-state index in [0.29, 0.717) is 11.0 Å². The third-order valence-electron chi connectivity index (χ3n) is 2.41. The number of H-pyrrole nitrogens is 1. The monoisotopic (exact) mass is 228 g/mol. The number of pyridine rings is 1. The number of fused-ring (bicyclic) bond motifs is 1. The maximum absolute atomic E-state index is 12.4. The Morgan fingerprint density at radius 1 is 1.25 bits per heavy atom. The molecule has 0 aliphatic carbocycles. The summed E-state index contributed by atoms with van der Waals surface area (Å²) in [5.74, 6) is 0.239. The Morgan fingerprint density at radius 3 is 2.50 bits per heavy atom. The number of hydrogen-bond donors (Lipinski definition) is 1. The van der Waals surface area contributed by atoms with Crippen molar-refractivity contribution >= 4 is 11.0 Å². The molecule has 0 atom stereocenters. The zero-order chi connectivity index (χ0) is 11.9. The standard InChI is InChI=1S/C11H11F3N2/c1-6(2)8-5-7-3-4-9(11(12,13)14)16-10(7)15-8/h3-6H,1-2H3,(H,15,16). The van der Waals surface area contributed by atoms with Crippen molar-refractivity contribution in [2.45, 2.75) is 25.9 Å². The Morgan fingerprint density at radius 2 is 1.94 bits per heavy atom. The Bertz CT molecular complexity index is 511. The quantitative estimate of drug-likeness (QED) is 0.792. The van der Waals surface area contributed by atoms with Crippen molar-refractivity contribution in [3.63, 3.8) is 0 Å². The number of aromatic nitrogens is 2. The van der Waals surface area contributed by atoms with Crippen LogP contribution >= 0.6 is 0 Å². The predicted octanol–water partition coefficient (Wildman–Crippen LogP) is 3.71. The molecule has 2 aromatic heterocycles. The van der Waals surface area contributed by atoms with Gasteiger partial charge in [-0.3, -0.25) is 0 Å². The molecular weight excluding hydrogens is 217 g/mol. The average Bonchev–Trinajstić information content (AvgIpc) is 2.58. The van der Waals surface area contributed by atoms with Crippen molar-refractivity contribution in [2.75, 3.05) is 0 Å². The van der Waals surface area contributed by atoms with Crippen molar-refractivity contribution in [3.8, 4) is 0 Å². The molecule has 0 aliphatic rings. The molecule has 5 heteroatoms. The summed E-state index contributed by atoms with van der Waals surface area (Å²) < 4.78 is 37.2. The first-order valence-electron chi connectivity index (χ1n) is 4.95. The number of nitrogens with one attached hydrogen (secondary N) is 1. The number of hydrogen-bond acceptors (Lipinski definition) is 1. The smallest absolute Gasteiger partial charge is 0.343 e. The van der Waals surface area contributed by atoms with Crippen LogP contribution in [0, 0.1) is 0 Å². The largest absolute Gasteiger partial charge is 0.433 e. The first kappa shape index (κ1) is 11.0. The Kier molecular flexibility index (Phi) is 2.40. The second-order valence-corrected chi connectivity index (χ2v) is 4.01. The second kappa shape index (κ2) is 3.50. The van der Waals surface area contributed by atoms with E-state index in [1.165, 1.54) is 6.07 Å². The van der Waals surface area contributed by atoms with Gasteiger partial charge in [-0.25, -0.2) is 4.98 Å². The van der Waals surface area contributed by atoms with Crippen LogP contribution in [0.4, 0.5) is 13.2 Å². The summed E-state index contributed by atoms with van der Waals surface area (Å²) in [6.07, 6.45) is -4.39. The average molecular weight is 228 g/mol. The zero-order valence-electron chi connectivity index (χ0n) is 8.89. The molecular formula is C11H11F3N2. The van der Waals surface area contributed by atoms with E-state index in [2.05, 4.69) is 9.97 Å². The molecule has 2 nitrogen and oxygen atoms in total. The van der Waals surface area contributed by atoms with E-state index in [1.54, 1.807) is 0 Å². The number of alkyl halides is 3. The molecule has 2 heterocycles. The minimum Gasteiger partial charge on any atom is -0.343 e. The minimum atomic E-state index is -4.39. The lowest BCUT2D eigenvalue weighted by Gasteiger charge is -2.04. The summed E-state index contributed by atoms with van der Waals surface area (Å²) >= 11 is 0. The van der Waals surface area contributed by atoms with E-state index in [9.17, 15) is 13.2 Å². The summed E-state index contributed by atoms with van der Waals surface area (Å²) in [5, 5.41) is 0.705. The van der Waals surface area contributed by atoms with E-state index in [0.717, 1.165) is 11.8 Å². The number of nitrogens with zero attached hydrogens (tertiary/aromatic N) is 1. The SMILES string of the molecule is CC(C)c1cc2ccc(C(F)(F)F)nc2[nH]1. The molecule has 1 N–H and O–H groups in total. The van der Waals surface area contributed by atoms with E-state index >= 15 is 0 Å². The van der Waals surface area contributed by atoms with Gasteiger partial charge in [0.05, 0.1) is 0 Å². The highest BCUT2D eigenvalue weighted by atomic mass is 19.4. The number of rotatable bonds is 1. The minimum absolute atomic E-state index is 0.239. The van der Waals surface area contributed by atoms with Gasteiger partial charge in [0.1, 0.15) is 11.3 Å². The topological polar surface area (TPSA) is 28.7 Å². The van der Waals surface area contributed by atoms with Gasteiger partial charge in [-0.05, 0) is 24.1 Å². The Balaban J connectivity index is 2.54. The molecule has 86 valence electrons. The molecule has 0 bridgehead atoms. The van der Waals surface area contributed by atoms with E-state index in [4.69, 9.17) is 0 Å². The van der Waals surface area contributed by atoms with Gasteiger partial charge >= 0.3 is 6.18 Å². The molecule has 0 saturated carbocycles. The van der Waals surface area contributed by atoms with Gasteiger partial charge in [-0.15, -0.1) is 0 Å². The van der Waals surface area contributed by atoms with Crippen LogP contribution < -0.4 is 0 Å². The molecule has 0 amide bonds. The van der Waals surface area contributed by atoms with Crippen LogP contribution in [0.25, 0.3) is 11.0 Å². The molecule has 0 aromatic carbocycles. The molecule has 0 unspecified atom stereocenters. The first-order valence-corrected chi connectivity index (χ1v) is 4.95. The maximum Gasteiger partial charge on any atom is 0.433 e. The van der Waals surface area contributed by atoms with Gasteiger partial charge in [0.15, 0.2) is 0 Å². The predicted molar refractivity (Wildman–Crippen MR) is 55.2 cm³/mol. The molecule has 0 fully saturated rings. The van der Waals surface area contributed by atoms with Crippen molar-refractivity contribution in [2.24, 2.45) is 0 Å². The van der Waals surface area contributed by atoms with Crippen LogP contribution in [0.15, 0.2) is 18.2 Å². The highest BCUT2D eigenvalue weighted by molar-refractivity contribution is 5.76. The lowest BCUT2D eigenvalue weighted by Crippen LogP contribution is -2.07. The third-order valence-corrected chi connectivity index (χ3v) is 2.41. The lowest BCUT2D eigenvalue weighted by molar-refractivity contribution is -0.141. The summed E-state index contributed by atoms with van der Waals surface area (Å²) in [4.78, 5) is 6.47. The van der Waals surface area contributed by atoms with Gasteiger partial charge in [-0.2, -0.15) is 13.2 Å². The maximum atomic E-state index is 12.4. The van der Waals surface area contributed by atoms with Gasteiger partial charge in [-0.1, -0.05) is 13.8 Å². The van der Waals surface area contributed by atoms with Crippen molar-refractivity contribution < 1.29 is 13.2 Å². The number of aromatic amines is 1. The molecule has 16 heavy (non-hydrogen) atoms. The van der Waals surface area contributed by atoms with Gasteiger partial charge in [0.2, 0.25) is 0 Å². The molecule has 2 aromatic rings. The fourth-order valence-corrected chi connectivity index (χ4v) is 1.50. The molecule has 0 spiro atoms. The third kappa shape index (κ3) is 1.89. The summed E-state index contributed by atoms with van der Waals surface area (Å²) in [5.41, 5.74) is 0.317. The van der Waals surface area contributed by atoms with Crippen LogP contribution in [0.1, 0.15) is 31.2 Å². The molecule has 0 aliphatic heterocycles. The van der Waals surface area contributed by atoms with E-state index < -0.39 is 11.9 Å². The van der Waals surface area contributed by atoms with Gasteiger partial charge in [0.25, 0.3) is 0 Å². The fourth-order valence-electron chi connectivity index (χ4n) is 1.50. The fraction of sp³-hybridized carbons (Fsp3) is 0.364. The van der Waals surface area contributed by atoms with Crippen LogP contribution in [0.5, 0.6) is 0 Å². The molecule has 0 radical (unpaired) electrons. The number of halogens is 3. The van der Waals surface area contributed by atoms with Crippen LogP contribution in [0.3, 0.4) is 0 Å². The van der Waals surface area contributed by atoms with Crippen LogP contribution in [-0.2, 0) is 6.18 Å². The van der Waals surface area contributed by atoms with Crippen LogP contribution in [0.2, 0.25) is 0 Å². The Labute approximate surface area is 90.5 Å². The normalized spacial score (nSPS) is 12.6. The summed E-state index contributed by atoms with van der Waals surface area (Å²) in [6.45, 7) is 3.94. The van der Waals surface area contributed by atoms with Crippen molar-refractivity contribution in [3.05, 3.63) is 29.6 Å². The van der Waals surface area contributed by atoms with Crippen molar-refractivity contribution in [1.29, 1.82) is 0 Å². The second-order valence-electron chi connectivity index (χ2n) is 4.01. The van der Waals surface area contributed by atoms with Crippen molar-refractivity contribution in [1.82, 2.24) is 9.97 Å². The first-order chi connectivity index (χ1) is 7.38. The van der Waals surface area contributed by atoms with Gasteiger partial charge < -0.3 is 4.98 Å². The highest BCUT2D eigenvalue weighted by Crippen LogP contribution is 2.29. The van der Waals surface area contributed by atoms with E-state index in [-0.39, 0.29) is 5.92 Å². The summed E-state index contributed by atoms with van der Waals surface area (Å²) in [6, 6.07) is 4.26. The van der Waals surface area contributed by atoms with Crippen LogP contribution in [-0.4, -0.2) is 9.97 Å². The zero-order valence-corrected chi connectivity index (χ0v) is 8.89. The lowest BCUT2D eigenvalue weighted by atomic mass is 10.1. The highest BCUT2D eigenvalue weighted by Gasteiger charge is 2.32. The molecule has 0 saturated heterocycles. The Hall–Kier alpha value is -1.52.